The molecule has 0 amide bonds. The number of ketones is 1. The summed E-state index contributed by atoms with van der Waals surface area (Å²) < 4.78 is 11.1. The number of hydrogen-bond acceptors (Lipinski definition) is 5. The zero-order valence-electron chi connectivity index (χ0n) is 25.8. The molecule has 0 spiro atoms. The van der Waals surface area contributed by atoms with E-state index in [-0.39, 0.29) is 11.6 Å². The number of aliphatic hydroxyl groups is 2. The Kier molecular flexibility index (Phi) is 27.6. The fraction of sp³-hybridized carbons (Fsp3) is 0.903. The third-order valence-electron chi connectivity index (χ3n) is 6.97. The van der Waals surface area contributed by atoms with Crippen molar-refractivity contribution in [1.29, 1.82) is 0 Å². The van der Waals surface area contributed by atoms with Crippen molar-refractivity contribution in [3.63, 3.8) is 0 Å². The number of carbonyl (C=O) groups excluding carboxylic acids is 1. The van der Waals surface area contributed by atoms with E-state index in [0.29, 0.717) is 17.3 Å². The molecule has 0 aliphatic carbocycles. The summed E-state index contributed by atoms with van der Waals surface area (Å²) in [7, 11) is 3.38. The largest absolute Gasteiger partial charge is 0.591 e. The van der Waals surface area contributed by atoms with Gasteiger partial charge in [-0.2, -0.15) is 0 Å². The quantitative estimate of drug-likeness (QED) is 0.0554. The Morgan fingerprint density at radius 1 is 0.763 bits per heavy atom. The number of allylic oxidation sites excluding steroid dienone is 2. The molecule has 4 unspecified atom stereocenters. The number of carbonyl (C=O) groups is 1. The summed E-state index contributed by atoms with van der Waals surface area (Å²) in [5, 5.41) is 18.6. The van der Waals surface area contributed by atoms with Gasteiger partial charge in [0.2, 0.25) is 0 Å². The maximum absolute atomic E-state index is 11.6. The smallest absolute Gasteiger partial charge is 0.373 e. The summed E-state index contributed by atoms with van der Waals surface area (Å²) in [6.07, 6.45) is 25.3. The van der Waals surface area contributed by atoms with Crippen molar-refractivity contribution in [2.45, 2.75) is 161 Å². The van der Waals surface area contributed by atoms with Crippen molar-refractivity contribution >= 4 is 13.8 Å². The van der Waals surface area contributed by atoms with E-state index in [1.54, 1.807) is 0 Å². The highest BCUT2D eigenvalue weighted by Crippen LogP contribution is 2.26. The van der Waals surface area contributed by atoms with Crippen molar-refractivity contribution in [1.82, 2.24) is 0 Å². The molecule has 0 aliphatic rings. The van der Waals surface area contributed by atoms with Gasteiger partial charge in [-0.25, -0.2) is 0 Å². The van der Waals surface area contributed by atoms with Gasteiger partial charge in [0, 0.05) is 12.8 Å². The van der Waals surface area contributed by atoms with Gasteiger partial charge in [0.05, 0.1) is 27.2 Å². The average Bonchev–Trinajstić information content (AvgIpc) is 2.84. The van der Waals surface area contributed by atoms with Gasteiger partial charge in [0.25, 0.3) is 5.78 Å². The first-order valence-corrected chi connectivity index (χ1v) is 16.7. The minimum Gasteiger partial charge on any atom is -0.591 e. The molecule has 0 heterocycles. The lowest BCUT2D eigenvalue weighted by Gasteiger charge is -2.26. The summed E-state index contributed by atoms with van der Waals surface area (Å²) in [5.41, 5.74) is 0. The highest BCUT2D eigenvalue weighted by Gasteiger charge is 2.32. The van der Waals surface area contributed by atoms with Crippen LogP contribution in [0.2, 0.25) is 0 Å². The van der Waals surface area contributed by atoms with Crippen LogP contribution in [0.3, 0.4) is 0 Å². The Labute approximate surface area is 236 Å². The van der Waals surface area contributed by atoms with Gasteiger partial charge in [-0.05, 0) is 39.0 Å². The van der Waals surface area contributed by atoms with E-state index in [9.17, 15) is 24.5 Å². The lowest BCUT2D eigenvalue weighted by molar-refractivity contribution is -0.883. The predicted octanol–water partition coefficient (Wildman–Crippen LogP) is 7.43. The molecule has 226 valence electrons. The maximum Gasteiger partial charge on any atom is 0.373 e. The lowest BCUT2D eigenvalue weighted by atomic mass is 10.0. The summed E-state index contributed by atoms with van der Waals surface area (Å²) in [4.78, 5) is 22.2. The summed E-state index contributed by atoms with van der Waals surface area (Å²) >= 11 is 0. The van der Waals surface area contributed by atoms with E-state index in [0.717, 1.165) is 12.8 Å². The molecule has 0 aromatic heterocycles. The van der Waals surface area contributed by atoms with E-state index < -0.39 is 20.2 Å². The van der Waals surface area contributed by atoms with Crippen LogP contribution in [-0.2, 0) is 9.36 Å². The molecule has 0 bridgehead atoms. The van der Waals surface area contributed by atoms with Crippen LogP contribution in [0.5, 0.6) is 0 Å². The number of Topliss-reactive ketones (excluding diaryl/α,β-unsaturated/α-hetero) is 1. The first kappa shape index (κ1) is 39.5. The third-order valence-corrected chi connectivity index (χ3v) is 8.52. The van der Waals surface area contributed by atoms with Crippen molar-refractivity contribution in [2.75, 3.05) is 21.1 Å². The van der Waals surface area contributed by atoms with Crippen LogP contribution in [0.15, 0.2) is 12.2 Å². The second kappa shape index (κ2) is 26.6. The van der Waals surface area contributed by atoms with Gasteiger partial charge in [-0.1, -0.05) is 108 Å². The predicted molar refractivity (Wildman–Crippen MR) is 160 cm³/mol. The standard InChI is InChI=1S/C25H48O3.C6H15NO2P/c1-3-4-5-6-7-8-9-10-11-12-13-14-15-16-17-18-19-20-21-22-24(27)25(28)23(2)26;1-5-6(10(8)9)7(2,3)4/h10-11,23,25-26,28H,3-9,12-22H2,1-2H3;6H,5H2,1-4H3/q;+1/b11-10-;. The molecule has 0 saturated carbocycles. The van der Waals surface area contributed by atoms with Crippen molar-refractivity contribution < 1.29 is 28.9 Å². The first-order valence-electron chi connectivity index (χ1n) is 15.5. The van der Waals surface area contributed by atoms with Gasteiger partial charge in [0.1, 0.15) is 6.10 Å². The molecule has 0 rings (SSSR count). The zero-order valence-corrected chi connectivity index (χ0v) is 26.7. The Balaban J connectivity index is 0. The normalized spacial score (nSPS) is 14.6. The van der Waals surface area contributed by atoms with Crippen LogP contribution in [0.4, 0.5) is 0 Å². The van der Waals surface area contributed by atoms with E-state index in [1.807, 2.05) is 28.1 Å². The van der Waals surface area contributed by atoms with Crippen LogP contribution < -0.4 is 4.89 Å². The SMILES string of the molecule is CCC([P+](=O)[O-])[N+](C)(C)C.CCCCCCCC/C=C\CCCCCCCCCCCC(=O)C(O)C(C)O. The van der Waals surface area contributed by atoms with E-state index in [1.165, 1.54) is 103 Å². The molecular weight excluding hydrogens is 497 g/mol. The number of hydrogen-bond donors (Lipinski definition) is 2. The molecule has 2 N–H and O–H groups in total. The van der Waals surface area contributed by atoms with Crippen LogP contribution in [0, 0.1) is 0 Å². The number of unbranched alkanes of at least 4 members (excludes halogenated alkanes) is 15. The molecule has 6 nitrogen and oxygen atoms in total. The molecule has 0 aromatic carbocycles. The number of nitrogens with zero attached hydrogens (tertiary/aromatic N) is 1. The number of quaternary nitrogens is 1. The fourth-order valence-electron chi connectivity index (χ4n) is 4.47. The topological polar surface area (TPSA) is 97.7 Å². The molecule has 0 aromatic rings. The van der Waals surface area contributed by atoms with Gasteiger partial charge < -0.3 is 15.1 Å². The Morgan fingerprint density at radius 2 is 1.16 bits per heavy atom. The average molecular weight is 561 g/mol. The van der Waals surface area contributed by atoms with Crippen LogP contribution >= 0.6 is 8.03 Å². The minimum atomic E-state index is -2.28. The second-order valence-corrected chi connectivity index (χ2v) is 12.9. The molecule has 0 radical (unpaired) electrons. The fourth-order valence-corrected chi connectivity index (χ4v) is 5.34. The summed E-state index contributed by atoms with van der Waals surface area (Å²) in [6.45, 7) is 5.61. The molecule has 0 saturated heterocycles. The van der Waals surface area contributed by atoms with Crippen molar-refractivity contribution in [3.05, 3.63) is 12.2 Å². The third kappa shape index (κ3) is 25.6. The monoisotopic (exact) mass is 560 g/mol. The number of aliphatic hydroxyl groups excluding tert-OH is 2. The molecule has 0 fully saturated rings. The molecule has 38 heavy (non-hydrogen) atoms. The lowest BCUT2D eigenvalue weighted by Crippen LogP contribution is -2.43. The Morgan fingerprint density at radius 3 is 1.47 bits per heavy atom. The van der Waals surface area contributed by atoms with Crippen LogP contribution in [0.25, 0.3) is 0 Å². The highest BCUT2D eigenvalue weighted by molar-refractivity contribution is 7.37. The Bertz CT molecular complexity index is 589. The van der Waals surface area contributed by atoms with E-state index in [2.05, 4.69) is 19.1 Å². The second-order valence-electron chi connectivity index (χ2n) is 11.7. The first-order chi connectivity index (χ1) is 18.0. The van der Waals surface area contributed by atoms with Gasteiger partial charge >= 0.3 is 8.03 Å². The number of rotatable bonds is 24. The zero-order chi connectivity index (χ0) is 29.2. The molecule has 0 aliphatic heterocycles. The molecular formula is C31H63NO5P+. The highest BCUT2D eigenvalue weighted by atomic mass is 31.1. The Hall–Kier alpha value is -0.650. The summed E-state index contributed by atoms with van der Waals surface area (Å²) in [6, 6.07) is 0. The maximum atomic E-state index is 11.6. The van der Waals surface area contributed by atoms with Gasteiger partial charge in [0.15, 0.2) is 5.78 Å². The van der Waals surface area contributed by atoms with E-state index in [4.69, 9.17) is 0 Å². The van der Waals surface area contributed by atoms with Gasteiger partial charge in [-0.3, -0.25) is 9.28 Å². The molecule has 7 heteroatoms. The van der Waals surface area contributed by atoms with Gasteiger partial charge in [-0.15, -0.1) is 0 Å². The summed E-state index contributed by atoms with van der Waals surface area (Å²) in [5.74, 6) is -0.467. The molecule has 4 atom stereocenters. The van der Waals surface area contributed by atoms with Crippen LogP contribution in [-0.4, -0.2) is 59.6 Å². The minimum absolute atomic E-state index is 0.226. The van der Waals surface area contributed by atoms with Crippen molar-refractivity contribution in [3.8, 4) is 0 Å². The van der Waals surface area contributed by atoms with Crippen LogP contribution in [0.1, 0.15) is 143 Å². The van der Waals surface area contributed by atoms with Crippen molar-refractivity contribution in [2.24, 2.45) is 0 Å². The van der Waals surface area contributed by atoms with E-state index >= 15 is 0 Å².